The lowest BCUT2D eigenvalue weighted by Gasteiger charge is -2.07. The minimum absolute atomic E-state index is 0.173. The van der Waals surface area contributed by atoms with Crippen molar-refractivity contribution in [3.63, 3.8) is 0 Å². The van der Waals surface area contributed by atoms with Gasteiger partial charge in [-0.15, -0.1) is 0 Å². The van der Waals surface area contributed by atoms with E-state index < -0.39 is 0 Å². The molecule has 5 N–H and O–H groups in total. The number of carbonyl (C=O) groups excluding carboxylic acids is 1. The molecular formula is C7H11N5O. The first-order valence-corrected chi connectivity index (χ1v) is 3.81. The predicted molar refractivity (Wildman–Crippen MR) is 49.8 cm³/mol. The number of nitrogen functional groups attached to an aromatic ring is 2. The maximum Gasteiger partial charge on any atom is 0.224 e. The number of aromatic nitrogens is 2. The second-order valence-corrected chi connectivity index (χ2v) is 2.42. The van der Waals surface area contributed by atoms with Crippen LogP contribution in [-0.4, -0.2) is 15.9 Å². The molecule has 0 unspecified atom stereocenters. The van der Waals surface area contributed by atoms with Crippen LogP contribution in [0, 0.1) is 0 Å². The zero-order valence-electron chi connectivity index (χ0n) is 7.24. The van der Waals surface area contributed by atoms with E-state index in [1.54, 1.807) is 6.92 Å². The first-order chi connectivity index (χ1) is 6.15. The standard InChI is InChI=1S/C7H11N5O/c1-2-4(13)12-5-6(8)10-3-11-7(5)9/h3H,2H2,1H3,(H,12,13)(H4,8,9,10,11). The largest absolute Gasteiger partial charge is 0.382 e. The summed E-state index contributed by atoms with van der Waals surface area (Å²) < 4.78 is 0. The average Bonchev–Trinajstić information content (AvgIpc) is 2.11. The first kappa shape index (κ1) is 9.24. The Hall–Kier alpha value is -1.85. The summed E-state index contributed by atoms with van der Waals surface area (Å²) in [5.41, 5.74) is 11.2. The molecule has 1 heterocycles. The van der Waals surface area contributed by atoms with Gasteiger partial charge in [0.05, 0.1) is 0 Å². The summed E-state index contributed by atoms with van der Waals surface area (Å²) in [5, 5.41) is 2.51. The lowest BCUT2D eigenvalue weighted by atomic mass is 10.4. The molecule has 0 atom stereocenters. The molecule has 0 aliphatic heterocycles. The summed E-state index contributed by atoms with van der Waals surface area (Å²) >= 11 is 0. The highest BCUT2D eigenvalue weighted by Crippen LogP contribution is 2.20. The fourth-order valence-electron chi connectivity index (χ4n) is 0.769. The van der Waals surface area contributed by atoms with Crippen molar-refractivity contribution in [1.29, 1.82) is 0 Å². The van der Waals surface area contributed by atoms with Gasteiger partial charge in [0.15, 0.2) is 11.6 Å². The minimum Gasteiger partial charge on any atom is -0.382 e. The number of carbonyl (C=O) groups is 1. The fraction of sp³-hybridized carbons (Fsp3) is 0.286. The molecule has 0 radical (unpaired) electrons. The monoisotopic (exact) mass is 181 g/mol. The van der Waals surface area contributed by atoms with Crippen LogP contribution in [0.4, 0.5) is 17.3 Å². The van der Waals surface area contributed by atoms with Gasteiger partial charge >= 0.3 is 0 Å². The van der Waals surface area contributed by atoms with Gasteiger partial charge in [-0.3, -0.25) is 4.79 Å². The Bertz CT molecular complexity index is 304. The van der Waals surface area contributed by atoms with Crippen molar-refractivity contribution in [3.05, 3.63) is 6.33 Å². The van der Waals surface area contributed by atoms with Gasteiger partial charge < -0.3 is 16.8 Å². The third-order valence-corrected chi connectivity index (χ3v) is 1.49. The van der Waals surface area contributed by atoms with Gasteiger partial charge in [-0.25, -0.2) is 9.97 Å². The molecular weight excluding hydrogens is 170 g/mol. The number of anilines is 3. The van der Waals surface area contributed by atoms with E-state index in [-0.39, 0.29) is 23.2 Å². The molecule has 1 rings (SSSR count). The van der Waals surface area contributed by atoms with Crippen LogP contribution in [0.15, 0.2) is 6.33 Å². The van der Waals surface area contributed by atoms with E-state index in [4.69, 9.17) is 11.5 Å². The van der Waals surface area contributed by atoms with Crippen LogP contribution < -0.4 is 16.8 Å². The quantitative estimate of drug-likeness (QED) is 0.594. The maximum atomic E-state index is 11.0. The summed E-state index contributed by atoms with van der Waals surface area (Å²) in [5.74, 6) is 0.178. The maximum absolute atomic E-state index is 11.0. The van der Waals surface area contributed by atoms with Crippen LogP contribution in [0.25, 0.3) is 0 Å². The number of rotatable bonds is 2. The van der Waals surface area contributed by atoms with E-state index in [1.165, 1.54) is 6.33 Å². The summed E-state index contributed by atoms with van der Waals surface area (Å²) in [6.45, 7) is 1.73. The van der Waals surface area contributed by atoms with E-state index in [0.29, 0.717) is 6.42 Å². The summed E-state index contributed by atoms with van der Waals surface area (Å²) in [6, 6.07) is 0. The van der Waals surface area contributed by atoms with Crippen LogP contribution in [0.1, 0.15) is 13.3 Å². The lowest BCUT2D eigenvalue weighted by Crippen LogP contribution is -2.14. The second-order valence-electron chi connectivity index (χ2n) is 2.42. The topological polar surface area (TPSA) is 107 Å². The van der Waals surface area contributed by atoms with Gasteiger partial charge in [-0.2, -0.15) is 0 Å². The number of hydrogen-bond acceptors (Lipinski definition) is 5. The van der Waals surface area contributed by atoms with Crippen molar-refractivity contribution in [1.82, 2.24) is 9.97 Å². The van der Waals surface area contributed by atoms with Crippen LogP contribution in [-0.2, 0) is 4.79 Å². The van der Waals surface area contributed by atoms with Gasteiger partial charge in [-0.1, -0.05) is 6.92 Å². The highest BCUT2D eigenvalue weighted by molar-refractivity contribution is 5.96. The molecule has 13 heavy (non-hydrogen) atoms. The van der Waals surface area contributed by atoms with Gasteiger partial charge in [0.2, 0.25) is 5.91 Å². The molecule has 1 aromatic heterocycles. The molecule has 6 heteroatoms. The summed E-state index contributed by atoms with van der Waals surface area (Å²) in [4.78, 5) is 18.4. The Morgan fingerprint density at radius 2 is 2.00 bits per heavy atom. The number of nitrogens with zero attached hydrogens (tertiary/aromatic N) is 2. The first-order valence-electron chi connectivity index (χ1n) is 3.81. The third kappa shape index (κ3) is 2.05. The van der Waals surface area contributed by atoms with E-state index in [9.17, 15) is 4.79 Å². The molecule has 0 saturated carbocycles. The molecule has 0 spiro atoms. The van der Waals surface area contributed by atoms with E-state index in [0.717, 1.165) is 0 Å². The zero-order chi connectivity index (χ0) is 9.84. The Morgan fingerprint density at radius 1 is 1.46 bits per heavy atom. The van der Waals surface area contributed by atoms with Crippen molar-refractivity contribution in [3.8, 4) is 0 Å². The van der Waals surface area contributed by atoms with Crippen LogP contribution in [0.3, 0.4) is 0 Å². The number of amides is 1. The molecule has 1 aromatic rings. The van der Waals surface area contributed by atoms with Crippen molar-refractivity contribution in [2.45, 2.75) is 13.3 Å². The molecule has 0 fully saturated rings. The van der Waals surface area contributed by atoms with Crippen molar-refractivity contribution >= 4 is 23.2 Å². The third-order valence-electron chi connectivity index (χ3n) is 1.49. The van der Waals surface area contributed by atoms with E-state index >= 15 is 0 Å². The van der Waals surface area contributed by atoms with Gasteiger partial charge in [0.25, 0.3) is 0 Å². The van der Waals surface area contributed by atoms with Crippen molar-refractivity contribution < 1.29 is 4.79 Å². The Labute approximate surface area is 75.4 Å². The number of hydrogen-bond donors (Lipinski definition) is 3. The average molecular weight is 181 g/mol. The Morgan fingerprint density at radius 3 is 2.46 bits per heavy atom. The lowest BCUT2D eigenvalue weighted by molar-refractivity contribution is -0.115. The normalized spacial score (nSPS) is 9.62. The fourth-order valence-corrected chi connectivity index (χ4v) is 0.769. The molecule has 0 bridgehead atoms. The zero-order valence-corrected chi connectivity index (χ0v) is 7.24. The smallest absolute Gasteiger partial charge is 0.224 e. The SMILES string of the molecule is CCC(=O)Nc1c(N)ncnc1N. The molecule has 0 aliphatic rings. The molecule has 0 aromatic carbocycles. The summed E-state index contributed by atoms with van der Waals surface area (Å²) in [7, 11) is 0. The van der Waals surface area contributed by atoms with Crippen LogP contribution in [0.2, 0.25) is 0 Å². The number of nitrogens with two attached hydrogens (primary N) is 2. The van der Waals surface area contributed by atoms with Gasteiger partial charge in [0, 0.05) is 6.42 Å². The Kier molecular flexibility index (Phi) is 2.63. The Balaban J connectivity index is 2.93. The minimum atomic E-state index is -0.173. The molecule has 70 valence electrons. The van der Waals surface area contributed by atoms with Crippen LogP contribution in [0.5, 0.6) is 0 Å². The summed E-state index contributed by atoms with van der Waals surface area (Å²) in [6.07, 6.45) is 1.60. The van der Waals surface area contributed by atoms with E-state index in [1.807, 2.05) is 0 Å². The van der Waals surface area contributed by atoms with Gasteiger partial charge in [-0.05, 0) is 0 Å². The van der Waals surface area contributed by atoms with Crippen LogP contribution >= 0.6 is 0 Å². The highest BCUT2D eigenvalue weighted by Gasteiger charge is 2.08. The van der Waals surface area contributed by atoms with Crippen molar-refractivity contribution in [2.24, 2.45) is 0 Å². The molecule has 1 amide bonds. The van der Waals surface area contributed by atoms with Crippen molar-refractivity contribution in [2.75, 3.05) is 16.8 Å². The van der Waals surface area contributed by atoms with E-state index in [2.05, 4.69) is 15.3 Å². The molecule has 6 nitrogen and oxygen atoms in total. The molecule has 0 aliphatic carbocycles. The second kappa shape index (κ2) is 3.70. The predicted octanol–water partition coefficient (Wildman–Crippen LogP) is -0.0105. The van der Waals surface area contributed by atoms with Gasteiger partial charge in [0.1, 0.15) is 12.0 Å². The number of nitrogens with one attached hydrogen (secondary N) is 1. The molecule has 0 saturated heterocycles. The highest BCUT2D eigenvalue weighted by atomic mass is 16.1.